The fraction of sp³-hybridized carbons (Fsp3) is 1.00. The first-order valence-corrected chi connectivity index (χ1v) is 7.16. The molecule has 2 heteroatoms. The summed E-state index contributed by atoms with van der Waals surface area (Å²) in [5, 5.41) is 0. The van der Waals surface area contributed by atoms with Crippen LogP contribution in [-0.4, -0.2) is 30.1 Å². The predicted molar refractivity (Wildman–Crippen MR) is 69.4 cm³/mol. The molecular formula is C14H28N2. The summed E-state index contributed by atoms with van der Waals surface area (Å²) < 4.78 is 0. The lowest BCUT2D eigenvalue weighted by molar-refractivity contribution is 0.121. The third-order valence-corrected chi connectivity index (χ3v) is 4.78. The fourth-order valence-corrected chi connectivity index (χ4v) is 3.54. The summed E-state index contributed by atoms with van der Waals surface area (Å²) in [6.07, 6.45) is 8.10. The van der Waals surface area contributed by atoms with Crippen LogP contribution in [0.1, 0.15) is 52.4 Å². The van der Waals surface area contributed by atoms with E-state index in [1.807, 2.05) is 0 Å². The monoisotopic (exact) mass is 224 g/mol. The minimum atomic E-state index is 0.499. The van der Waals surface area contributed by atoms with Crippen LogP contribution < -0.4 is 5.73 Å². The van der Waals surface area contributed by atoms with Gasteiger partial charge in [-0.3, -0.25) is 0 Å². The van der Waals surface area contributed by atoms with Crippen LogP contribution in [0.4, 0.5) is 0 Å². The zero-order valence-corrected chi connectivity index (χ0v) is 11.0. The number of nitrogens with two attached hydrogens (primary N) is 1. The molecule has 1 heterocycles. The number of hydrogen-bond donors (Lipinski definition) is 1. The lowest BCUT2D eigenvalue weighted by atomic mass is 9.92. The van der Waals surface area contributed by atoms with Crippen LogP contribution in [0, 0.1) is 11.8 Å². The molecule has 94 valence electrons. The van der Waals surface area contributed by atoms with Crippen molar-refractivity contribution in [1.82, 2.24) is 4.90 Å². The molecule has 2 rings (SSSR count). The molecule has 2 nitrogen and oxygen atoms in total. The first kappa shape index (κ1) is 12.4. The summed E-state index contributed by atoms with van der Waals surface area (Å²) in [5.74, 6) is 1.74. The Kier molecular flexibility index (Phi) is 4.26. The van der Waals surface area contributed by atoms with Crippen molar-refractivity contribution < 1.29 is 0 Å². The van der Waals surface area contributed by atoms with E-state index in [9.17, 15) is 0 Å². The number of hydrogen-bond acceptors (Lipinski definition) is 2. The van der Waals surface area contributed by atoms with Crippen molar-refractivity contribution in [2.24, 2.45) is 17.6 Å². The molecule has 1 aliphatic carbocycles. The third kappa shape index (κ3) is 2.98. The van der Waals surface area contributed by atoms with Gasteiger partial charge in [-0.2, -0.15) is 0 Å². The van der Waals surface area contributed by atoms with Crippen LogP contribution in [0.3, 0.4) is 0 Å². The van der Waals surface area contributed by atoms with Gasteiger partial charge < -0.3 is 10.6 Å². The van der Waals surface area contributed by atoms with Crippen molar-refractivity contribution in [3.05, 3.63) is 0 Å². The molecule has 0 amide bonds. The number of likely N-dealkylation sites (tertiary alicyclic amines) is 1. The van der Waals surface area contributed by atoms with E-state index in [0.717, 1.165) is 17.9 Å². The fourth-order valence-electron chi connectivity index (χ4n) is 3.54. The number of nitrogens with zero attached hydrogens (tertiary/aromatic N) is 1. The van der Waals surface area contributed by atoms with E-state index >= 15 is 0 Å². The number of piperidine rings is 1. The first-order valence-electron chi connectivity index (χ1n) is 7.16. The Hall–Kier alpha value is -0.0800. The van der Waals surface area contributed by atoms with Crippen LogP contribution in [0.15, 0.2) is 0 Å². The van der Waals surface area contributed by atoms with Crippen LogP contribution in [0.5, 0.6) is 0 Å². The largest absolute Gasteiger partial charge is 0.327 e. The Balaban J connectivity index is 1.73. The minimum Gasteiger partial charge on any atom is -0.327 e. The summed E-state index contributed by atoms with van der Waals surface area (Å²) in [4.78, 5) is 2.69. The molecule has 2 N–H and O–H groups in total. The molecule has 4 atom stereocenters. The standard InChI is InChI=1S/C14H28N2/c1-11-6-8-16(12(2)10-11)9-7-13-4-3-5-14(13)15/h11-14H,3-10,15H2,1-2H3. The Morgan fingerprint density at radius 3 is 2.62 bits per heavy atom. The lowest BCUT2D eigenvalue weighted by Crippen LogP contribution is -2.41. The van der Waals surface area contributed by atoms with E-state index in [2.05, 4.69) is 18.7 Å². The van der Waals surface area contributed by atoms with Gasteiger partial charge in [0.05, 0.1) is 0 Å². The van der Waals surface area contributed by atoms with E-state index in [1.54, 1.807) is 0 Å². The van der Waals surface area contributed by atoms with E-state index in [-0.39, 0.29) is 0 Å². The van der Waals surface area contributed by atoms with E-state index < -0.39 is 0 Å². The highest BCUT2D eigenvalue weighted by Crippen LogP contribution is 2.28. The molecule has 0 radical (unpaired) electrons. The first-order chi connectivity index (χ1) is 7.66. The van der Waals surface area contributed by atoms with E-state index in [4.69, 9.17) is 5.73 Å². The van der Waals surface area contributed by atoms with Crippen molar-refractivity contribution in [3.63, 3.8) is 0 Å². The van der Waals surface area contributed by atoms with Crippen LogP contribution >= 0.6 is 0 Å². The molecular weight excluding hydrogens is 196 g/mol. The van der Waals surface area contributed by atoms with Gasteiger partial charge in [0, 0.05) is 12.1 Å². The van der Waals surface area contributed by atoms with E-state index in [1.165, 1.54) is 51.6 Å². The van der Waals surface area contributed by atoms with Crippen molar-refractivity contribution in [3.8, 4) is 0 Å². The minimum absolute atomic E-state index is 0.499. The van der Waals surface area contributed by atoms with Gasteiger partial charge in [-0.05, 0) is 64.0 Å². The maximum atomic E-state index is 6.13. The average molecular weight is 224 g/mol. The van der Waals surface area contributed by atoms with Gasteiger partial charge in [-0.15, -0.1) is 0 Å². The molecule has 0 bridgehead atoms. The maximum absolute atomic E-state index is 6.13. The molecule has 1 aliphatic heterocycles. The highest BCUT2D eigenvalue weighted by Gasteiger charge is 2.27. The molecule has 0 aromatic rings. The number of rotatable bonds is 3. The SMILES string of the molecule is CC1CCN(CCC2CCCC2N)C(C)C1. The zero-order chi connectivity index (χ0) is 11.5. The van der Waals surface area contributed by atoms with Crippen LogP contribution in [0.2, 0.25) is 0 Å². The lowest BCUT2D eigenvalue weighted by Gasteiger charge is -2.37. The molecule has 16 heavy (non-hydrogen) atoms. The molecule has 0 aromatic heterocycles. The normalized spacial score (nSPS) is 41.4. The second kappa shape index (κ2) is 5.50. The summed E-state index contributed by atoms with van der Waals surface area (Å²) in [5.41, 5.74) is 6.13. The zero-order valence-electron chi connectivity index (χ0n) is 11.0. The summed E-state index contributed by atoms with van der Waals surface area (Å²) >= 11 is 0. The van der Waals surface area contributed by atoms with Gasteiger partial charge in [0.2, 0.25) is 0 Å². The molecule has 0 aromatic carbocycles. The second-order valence-electron chi connectivity index (χ2n) is 6.16. The molecule has 4 unspecified atom stereocenters. The molecule has 1 saturated heterocycles. The Morgan fingerprint density at radius 2 is 2.00 bits per heavy atom. The smallest absolute Gasteiger partial charge is 0.00694 e. The van der Waals surface area contributed by atoms with Crippen molar-refractivity contribution in [2.45, 2.75) is 64.5 Å². The van der Waals surface area contributed by atoms with Crippen LogP contribution in [0.25, 0.3) is 0 Å². The Morgan fingerprint density at radius 1 is 1.19 bits per heavy atom. The highest BCUT2D eigenvalue weighted by atomic mass is 15.2. The second-order valence-corrected chi connectivity index (χ2v) is 6.16. The quantitative estimate of drug-likeness (QED) is 0.798. The topological polar surface area (TPSA) is 29.3 Å². The van der Waals surface area contributed by atoms with Gasteiger partial charge in [0.15, 0.2) is 0 Å². The van der Waals surface area contributed by atoms with Gasteiger partial charge in [0.25, 0.3) is 0 Å². The summed E-state index contributed by atoms with van der Waals surface area (Å²) in [6, 6.07) is 1.29. The third-order valence-electron chi connectivity index (χ3n) is 4.78. The summed E-state index contributed by atoms with van der Waals surface area (Å²) in [7, 11) is 0. The average Bonchev–Trinajstić information content (AvgIpc) is 2.63. The molecule has 2 aliphatic rings. The van der Waals surface area contributed by atoms with Gasteiger partial charge in [-0.1, -0.05) is 13.3 Å². The summed E-state index contributed by atoms with van der Waals surface area (Å²) in [6.45, 7) is 7.38. The van der Waals surface area contributed by atoms with Crippen LogP contribution in [-0.2, 0) is 0 Å². The molecule has 2 fully saturated rings. The van der Waals surface area contributed by atoms with Crippen molar-refractivity contribution >= 4 is 0 Å². The van der Waals surface area contributed by atoms with Crippen molar-refractivity contribution in [1.29, 1.82) is 0 Å². The Labute approximate surface area is 101 Å². The maximum Gasteiger partial charge on any atom is 0.00694 e. The van der Waals surface area contributed by atoms with Gasteiger partial charge >= 0.3 is 0 Å². The van der Waals surface area contributed by atoms with Crippen molar-refractivity contribution in [2.75, 3.05) is 13.1 Å². The van der Waals surface area contributed by atoms with Gasteiger partial charge in [-0.25, -0.2) is 0 Å². The van der Waals surface area contributed by atoms with E-state index in [0.29, 0.717) is 6.04 Å². The molecule has 1 saturated carbocycles. The highest BCUT2D eigenvalue weighted by molar-refractivity contribution is 4.83. The Bertz CT molecular complexity index is 217. The van der Waals surface area contributed by atoms with Gasteiger partial charge in [0.1, 0.15) is 0 Å². The molecule has 0 spiro atoms. The predicted octanol–water partition coefficient (Wildman–Crippen LogP) is 2.62.